The minimum atomic E-state index is -1.08. The highest BCUT2D eigenvalue weighted by Crippen LogP contribution is 2.22. The predicted octanol–water partition coefficient (Wildman–Crippen LogP) is 0.743. The van der Waals surface area contributed by atoms with Crippen LogP contribution in [0.5, 0.6) is 0 Å². The standard InChI is InChI=1S/C14H8N2O5/c17-11-10(6-3-7-15-11)14(20)21-16-12(18)8-4-1-2-5-9(8)13(16)19/h1-7H,(H,15,17). The molecule has 0 aliphatic carbocycles. The number of carbonyl (C=O) groups excluding carboxylic acids is 3. The maximum absolute atomic E-state index is 12.0. The molecule has 0 fully saturated rings. The first kappa shape index (κ1) is 12.8. The number of nitrogens with one attached hydrogen (secondary N) is 1. The number of pyridine rings is 1. The van der Waals surface area contributed by atoms with Gasteiger partial charge in [0.25, 0.3) is 17.4 Å². The number of hydrogen-bond acceptors (Lipinski definition) is 5. The highest BCUT2D eigenvalue weighted by atomic mass is 16.7. The van der Waals surface area contributed by atoms with Crippen LogP contribution in [0.4, 0.5) is 0 Å². The van der Waals surface area contributed by atoms with E-state index in [0.717, 1.165) is 0 Å². The van der Waals surface area contributed by atoms with E-state index in [1.54, 1.807) is 12.1 Å². The van der Waals surface area contributed by atoms with Crippen molar-refractivity contribution in [3.05, 3.63) is 69.6 Å². The Labute approximate surface area is 117 Å². The van der Waals surface area contributed by atoms with Crippen molar-refractivity contribution in [1.29, 1.82) is 0 Å². The molecule has 1 N–H and O–H groups in total. The molecule has 3 rings (SSSR count). The molecule has 1 aliphatic heterocycles. The lowest BCUT2D eigenvalue weighted by molar-refractivity contribution is -0.0585. The lowest BCUT2D eigenvalue weighted by atomic mass is 10.1. The van der Waals surface area contributed by atoms with E-state index >= 15 is 0 Å². The number of H-pyrrole nitrogens is 1. The fraction of sp³-hybridized carbons (Fsp3) is 0. The second-order valence-electron chi connectivity index (χ2n) is 4.24. The van der Waals surface area contributed by atoms with Crippen molar-refractivity contribution in [3.8, 4) is 0 Å². The SMILES string of the molecule is O=C(ON1C(=O)c2ccccc2C1=O)c1ccc[nH]c1=O. The summed E-state index contributed by atoms with van der Waals surface area (Å²) in [5.74, 6) is -2.56. The van der Waals surface area contributed by atoms with Gasteiger partial charge in [-0.15, -0.1) is 0 Å². The minimum Gasteiger partial charge on any atom is -0.328 e. The van der Waals surface area contributed by atoms with Crippen molar-refractivity contribution in [3.63, 3.8) is 0 Å². The van der Waals surface area contributed by atoms with Crippen molar-refractivity contribution >= 4 is 17.8 Å². The quantitative estimate of drug-likeness (QED) is 0.820. The Balaban J connectivity index is 1.89. The number of rotatable bonds is 2. The molecule has 0 atom stereocenters. The average Bonchev–Trinajstić information content (AvgIpc) is 2.73. The molecule has 21 heavy (non-hydrogen) atoms. The Bertz CT molecular complexity index is 789. The molecule has 1 aromatic carbocycles. The average molecular weight is 284 g/mol. The van der Waals surface area contributed by atoms with Crippen LogP contribution in [-0.2, 0) is 4.84 Å². The first-order valence-electron chi connectivity index (χ1n) is 5.97. The van der Waals surface area contributed by atoms with E-state index in [4.69, 9.17) is 4.84 Å². The Morgan fingerprint density at radius 3 is 2.14 bits per heavy atom. The fourth-order valence-electron chi connectivity index (χ4n) is 1.96. The van der Waals surface area contributed by atoms with E-state index in [2.05, 4.69) is 4.98 Å². The molecule has 0 saturated carbocycles. The lowest BCUT2D eigenvalue weighted by Crippen LogP contribution is -2.34. The van der Waals surface area contributed by atoms with Crippen LogP contribution in [0.1, 0.15) is 31.1 Å². The van der Waals surface area contributed by atoms with Crippen LogP contribution < -0.4 is 5.56 Å². The zero-order valence-corrected chi connectivity index (χ0v) is 10.5. The van der Waals surface area contributed by atoms with Gasteiger partial charge in [-0.05, 0) is 24.3 Å². The molecule has 0 spiro atoms. The van der Waals surface area contributed by atoms with Gasteiger partial charge in [-0.25, -0.2) is 4.79 Å². The van der Waals surface area contributed by atoms with Crippen LogP contribution in [0.25, 0.3) is 0 Å². The third-order valence-corrected chi connectivity index (χ3v) is 2.97. The molecular formula is C14H8N2O5. The van der Waals surface area contributed by atoms with Crippen LogP contribution in [0.15, 0.2) is 47.4 Å². The van der Waals surface area contributed by atoms with Gasteiger partial charge in [0, 0.05) is 6.20 Å². The molecule has 2 amide bonds. The van der Waals surface area contributed by atoms with Gasteiger partial charge in [0.05, 0.1) is 11.1 Å². The summed E-state index contributed by atoms with van der Waals surface area (Å²) in [5, 5.41) is 0.361. The van der Waals surface area contributed by atoms with Crippen molar-refractivity contribution in [1.82, 2.24) is 10.0 Å². The van der Waals surface area contributed by atoms with E-state index in [1.165, 1.54) is 30.5 Å². The van der Waals surface area contributed by atoms with Crippen LogP contribution in [0.3, 0.4) is 0 Å². The smallest absolute Gasteiger partial charge is 0.328 e. The zero-order chi connectivity index (χ0) is 15.0. The van der Waals surface area contributed by atoms with Gasteiger partial charge in [0.2, 0.25) is 0 Å². The zero-order valence-electron chi connectivity index (χ0n) is 10.5. The summed E-state index contributed by atoms with van der Waals surface area (Å²) < 4.78 is 0. The van der Waals surface area contributed by atoms with E-state index in [9.17, 15) is 19.2 Å². The Kier molecular flexibility index (Phi) is 2.87. The number of imide groups is 1. The van der Waals surface area contributed by atoms with Gasteiger partial charge >= 0.3 is 5.97 Å². The third-order valence-electron chi connectivity index (χ3n) is 2.97. The monoisotopic (exact) mass is 284 g/mol. The largest absolute Gasteiger partial charge is 0.369 e. The second-order valence-corrected chi connectivity index (χ2v) is 4.24. The topological polar surface area (TPSA) is 96.5 Å². The second kappa shape index (κ2) is 4.71. The van der Waals surface area contributed by atoms with Gasteiger partial charge in [-0.1, -0.05) is 17.2 Å². The molecule has 0 bridgehead atoms. The summed E-state index contributed by atoms with van der Waals surface area (Å²) in [6.45, 7) is 0. The van der Waals surface area contributed by atoms with Crippen LogP contribution in [0.2, 0.25) is 0 Å². The Morgan fingerprint density at radius 2 is 1.57 bits per heavy atom. The highest BCUT2D eigenvalue weighted by molar-refractivity contribution is 6.21. The number of carbonyl (C=O) groups is 3. The minimum absolute atomic E-state index is 0.150. The van der Waals surface area contributed by atoms with Crippen LogP contribution in [-0.4, -0.2) is 27.8 Å². The van der Waals surface area contributed by atoms with Gasteiger partial charge in [0.1, 0.15) is 5.56 Å². The van der Waals surface area contributed by atoms with Crippen molar-refractivity contribution in [2.45, 2.75) is 0 Å². The molecule has 2 heterocycles. The number of aromatic nitrogens is 1. The van der Waals surface area contributed by atoms with Crippen molar-refractivity contribution < 1.29 is 19.2 Å². The molecule has 1 aromatic heterocycles. The van der Waals surface area contributed by atoms with Crippen LogP contribution >= 0.6 is 0 Å². The van der Waals surface area contributed by atoms with Crippen molar-refractivity contribution in [2.75, 3.05) is 0 Å². The molecule has 2 aromatic rings. The van der Waals surface area contributed by atoms with Crippen molar-refractivity contribution in [2.24, 2.45) is 0 Å². The maximum atomic E-state index is 12.0. The lowest BCUT2D eigenvalue weighted by Gasteiger charge is -2.12. The van der Waals surface area contributed by atoms with E-state index in [0.29, 0.717) is 5.06 Å². The molecule has 7 heteroatoms. The highest BCUT2D eigenvalue weighted by Gasteiger charge is 2.39. The van der Waals surface area contributed by atoms with E-state index in [-0.39, 0.29) is 16.7 Å². The summed E-state index contributed by atoms with van der Waals surface area (Å²) in [5.41, 5.74) is -0.664. The van der Waals surface area contributed by atoms with Crippen LogP contribution in [0, 0.1) is 0 Å². The molecule has 104 valence electrons. The van der Waals surface area contributed by atoms with E-state index in [1.807, 2.05) is 0 Å². The number of amides is 2. The first-order valence-corrected chi connectivity index (χ1v) is 5.97. The number of hydrogen-bond donors (Lipinski definition) is 1. The number of fused-ring (bicyclic) bond motifs is 1. The number of hydroxylamine groups is 2. The number of aromatic amines is 1. The molecule has 0 radical (unpaired) electrons. The van der Waals surface area contributed by atoms with Gasteiger partial charge in [-0.3, -0.25) is 14.4 Å². The molecule has 7 nitrogen and oxygen atoms in total. The normalized spacial score (nSPS) is 13.2. The number of nitrogens with zero attached hydrogens (tertiary/aromatic N) is 1. The summed E-state index contributed by atoms with van der Waals surface area (Å²) in [7, 11) is 0. The van der Waals surface area contributed by atoms with Gasteiger partial charge in [0.15, 0.2) is 0 Å². The van der Waals surface area contributed by atoms with E-state index < -0.39 is 23.3 Å². The summed E-state index contributed by atoms with van der Waals surface area (Å²) in [4.78, 5) is 54.4. The first-order chi connectivity index (χ1) is 10.1. The summed E-state index contributed by atoms with van der Waals surface area (Å²) in [6, 6.07) is 8.77. The van der Waals surface area contributed by atoms with Gasteiger partial charge in [-0.2, -0.15) is 0 Å². The molecule has 0 saturated heterocycles. The number of benzene rings is 1. The van der Waals surface area contributed by atoms with Gasteiger partial charge < -0.3 is 9.82 Å². The summed E-state index contributed by atoms with van der Waals surface area (Å²) in [6.07, 6.45) is 1.35. The maximum Gasteiger partial charge on any atom is 0.369 e. The fourth-order valence-corrected chi connectivity index (χ4v) is 1.96. The Hall–Kier alpha value is -3.22. The third kappa shape index (κ3) is 2.00. The molecule has 1 aliphatic rings. The molecular weight excluding hydrogens is 276 g/mol. The Morgan fingerprint density at radius 1 is 0.952 bits per heavy atom. The predicted molar refractivity (Wildman–Crippen MR) is 69.4 cm³/mol. The molecule has 0 unspecified atom stereocenters. The summed E-state index contributed by atoms with van der Waals surface area (Å²) >= 11 is 0.